The molecule has 3 aromatic rings. The molecule has 0 aliphatic carbocycles. The van der Waals surface area contributed by atoms with Gasteiger partial charge in [0.25, 0.3) is 0 Å². The van der Waals surface area contributed by atoms with Crippen molar-refractivity contribution in [3.8, 4) is 0 Å². The van der Waals surface area contributed by atoms with E-state index in [1.165, 1.54) is 11.3 Å². The fraction of sp³-hybridized carbons (Fsp3) is 0.316. The number of hydrogen-bond donors (Lipinski definition) is 1. The molecule has 1 saturated heterocycles. The van der Waals surface area contributed by atoms with Gasteiger partial charge in [-0.1, -0.05) is 36.4 Å². The third-order valence-electron chi connectivity index (χ3n) is 4.60. The van der Waals surface area contributed by atoms with E-state index in [-0.39, 0.29) is 0 Å². The normalized spacial score (nSPS) is 16.1. The minimum atomic E-state index is 0.845. The highest BCUT2D eigenvalue weighted by atomic mass is 15.3. The van der Waals surface area contributed by atoms with Gasteiger partial charge in [-0.05, 0) is 24.7 Å². The molecule has 4 nitrogen and oxygen atoms in total. The first-order valence-corrected chi connectivity index (χ1v) is 8.24. The Kier molecular flexibility index (Phi) is 3.75. The molecule has 1 aromatic heterocycles. The summed E-state index contributed by atoms with van der Waals surface area (Å²) in [6.07, 6.45) is 0.845. The standard InChI is InChI=1S/C19H22N4/c1-22-10-12-23(13-11-22)17-9-5-8-16-19(17)21-18(20-16)14-15-6-3-2-4-7-15/h2-9H,10-14H2,1H3,(H,20,21). The zero-order valence-corrected chi connectivity index (χ0v) is 13.5. The molecule has 0 bridgehead atoms. The third-order valence-corrected chi connectivity index (χ3v) is 4.60. The second kappa shape index (κ2) is 6.05. The van der Waals surface area contributed by atoms with Crippen LogP contribution in [-0.2, 0) is 6.42 Å². The minimum absolute atomic E-state index is 0.845. The molecule has 1 aliphatic heterocycles. The van der Waals surface area contributed by atoms with Gasteiger partial charge >= 0.3 is 0 Å². The van der Waals surface area contributed by atoms with Gasteiger partial charge in [0.1, 0.15) is 11.3 Å². The summed E-state index contributed by atoms with van der Waals surface area (Å²) in [4.78, 5) is 13.2. The van der Waals surface area contributed by atoms with Crippen molar-refractivity contribution in [2.75, 3.05) is 38.1 Å². The third kappa shape index (κ3) is 2.94. The maximum absolute atomic E-state index is 4.89. The maximum Gasteiger partial charge on any atom is 0.112 e. The van der Waals surface area contributed by atoms with Gasteiger partial charge in [0.15, 0.2) is 0 Å². The average Bonchev–Trinajstić information content (AvgIpc) is 2.99. The van der Waals surface area contributed by atoms with Crippen LogP contribution in [0.3, 0.4) is 0 Å². The highest BCUT2D eigenvalue weighted by molar-refractivity contribution is 5.89. The van der Waals surface area contributed by atoms with Crippen LogP contribution in [0.15, 0.2) is 48.5 Å². The number of anilines is 1. The number of benzene rings is 2. The summed E-state index contributed by atoms with van der Waals surface area (Å²) < 4.78 is 0. The van der Waals surface area contributed by atoms with Crippen LogP contribution < -0.4 is 4.90 Å². The Labute approximate surface area is 136 Å². The number of para-hydroxylation sites is 1. The summed E-state index contributed by atoms with van der Waals surface area (Å²) in [7, 11) is 2.18. The Balaban J connectivity index is 1.65. The fourth-order valence-corrected chi connectivity index (χ4v) is 3.24. The summed E-state index contributed by atoms with van der Waals surface area (Å²) in [6.45, 7) is 4.35. The lowest BCUT2D eigenvalue weighted by atomic mass is 10.1. The topological polar surface area (TPSA) is 35.2 Å². The molecule has 2 heterocycles. The van der Waals surface area contributed by atoms with E-state index in [1.54, 1.807) is 0 Å². The fourth-order valence-electron chi connectivity index (χ4n) is 3.24. The number of aromatic amines is 1. The van der Waals surface area contributed by atoms with Gasteiger partial charge in [-0.25, -0.2) is 4.98 Å². The van der Waals surface area contributed by atoms with E-state index in [1.807, 2.05) is 6.07 Å². The van der Waals surface area contributed by atoms with Gasteiger partial charge < -0.3 is 14.8 Å². The minimum Gasteiger partial charge on any atom is -0.367 e. The Bertz CT molecular complexity index is 785. The Morgan fingerprint density at radius 2 is 1.74 bits per heavy atom. The number of rotatable bonds is 3. The Morgan fingerprint density at radius 3 is 2.52 bits per heavy atom. The van der Waals surface area contributed by atoms with Gasteiger partial charge in [-0.3, -0.25) is 0 Å². The molecule has 1 aliphatic rings. The molecule has 0 saturated carbocycles. The maximum atomic E-state index is 4.89. The first-order valence-electron chi connectivity index (χ1n) is 8.24. The van der Waals surface area contributed by atoms with Crippen LogP contribution in [0.2, 0.25) is 0 Å². The zero-order valence-electron chi connectivity index (χ0n) is 13.5. The quantitative estimate of drug-likeness (QED) is 0.808. The van der Waals surface area contributed by atoms with E-state index in [2.05, 4.69) is 64.3 Å². The van der Waals surface area contributed by atoms with Crippen molar-refractivity contribution in [1.29, 1.82) is 0 Å². The number of aromatic nitrogens is 2. The number of piperazine rings is 1. The molecular weight excluding hydrogens is 284 g/mol. The van der Waals surface area contributed by atoms with E-state index in [9.17, 15) is 0 Å². The smallest absolute Gasteiger partial charge is 0.112 e. The molecule has 0 unspecified atom stereocenters. The lowest BCUT2D eigenvalue weighted by Gasteiger charge is -2.34. The molecule has 0 radical (unpaired) electrons. The number of H-pyrrole nitrogens is 1. The summed E-state index contributed by atoms with van der Waals surface area (Å²) in [5, 5.41) is 0. The van der Waals surface area contributed by atoms with Crippen LogP contribution in [0.4, 0.5) is 5.69 Å². The molecule has 118 valence electrons. The van der Waals surface area contributed by atoms with E-state index in [0.717, 1.165) is 49.5 Å². The summed E-state index contributed by atoms with van der Waals surface area (Å²) in [5.74, 6) is 1.03. The lowest BCUT2D eigenvalue weighted by molar-refractivity contribution is 0.313. The first-order chi connectivity index (χ1) is 11.3. The highest BCUT2D eigenvalue weighted by Crippen LogP contribution is 2.26. The number of fused-ring (bicyclic) bond motifs is 1. The highest BCUT2D eigenvalue weighted by Gasteiger charge is 2.18. The van der Waals surface area contributed by atoms with Crippen LogP contribution in [0.5, 0.6) is 0 Å². The Hall–Kier alpha value is -2.33. The average molecular weight is 306 g/mol. The van der Waals surface area contributed by atoms with Crippen molar-refractivity contribution in [1.82, 2.24) is 14.9 Å². The second-order valence-electron chi connectivity index (χ2n) is 6.31. The van der Waals surface area contributed by atoms with E-state index in [0.29, 0.717) is 0 Å². The van der Waals surface area contributed by atoms with Crippen LogP contribution in [0, 0.1) is 0 Å². The van der Waals surface area contributed by atoms with Crippen LogP contribution >= 0.6 is 0 Å². The molecule has 2 aromatic carbocycles. The number of nitrogens with one attached hydrogen (secondary N) is 1. The molecular formula is C19H22N4. The van der Waals surface area contributed by atoms with Gasteiger partial charge in [0, 0.05) is 32.6 Å². The van der Waals surface area contributed by atoms with Gasteiger partial charge in [-0.2, -0.15) is 0 Å². The molecule has 0 spiro atoms. The SMILES string of the molecule is CN1CCN(c2cccc3[nH]c(Cc4ccccc4)nc23)CC1. The van der Waals surface area contributed by atoms with E-state index < -0.39 is 0 Å². The molecule has 1 fully saturated rings. The van der Waals surface area contributed by atoms with E-state index in [4.69, 9.17) is 4.98 Å². The summed E-state index contributed by atoms with van der Waals surface area (Å²) in [5.41, 5.74) is 4.77. The Morgan fingerprint density at radius 1 is 0.957 bits per heavy atom. The van der Waals surface area contributed by atoms with E-state index >= 15 is 0 Å². The van der Waals surface area contributed by atoms with Gasteiger partial charge in [0.2, 0.25) is 0 Å². The largest absolute Gasteiger partial charge is 0.367 e. The monoisotopic (exact) mass is 306 g/mol. The molecule has 4 rings (SSSR count). The molecule has 0 atom stereocenters. The lowest BCUT2D eigenvalue weighted by Crippen LogP contribution is -2.44. The first kappa shape index (κ1) is 14.3. The number of nitrogens with zero attached hydrogens (tertiary/aromatic N) is 3. The number of imidazole rings is 1. The van der Waals surface area contributed by atoms with Gasteiger partial charge in [0.05, 0.1) is 11.2 Å². The van der Waals surface area contributed by atoms with Crippen molar-refractivity contribution >= 4 is 16.7 Å². The van der Waals surface area contributed by atoms with Crippen LogP contribution in [0.25, 0.3) is 11.0 Å². The van der Waals surface area contributed by atoms with Crippen molar-refractivity contribution in [2.45, 2.75) is 6.42 Å². The van der Waals surface area contributed by atoms with Crippen molar-refractivity contribution in [2.24, 2.45) is 0 Å². The van der Waals surface area contributed by atoms with Crippen LogP contribution in [0.1, 0.15) is 11.4 Å². The van der Waals surface area contributed by atoms with Crippen molar-refractivity contribution in [3.05, 3.63) is 59.9 Å². The molecule has 23 heavy (non-hydrogen) atoms. The van der Waals surface area contributed by atoms with Gasteiger partial charge in [-0.15, -0.1) is 0 Å². The van der Waals surface area contributed by atoms with Crippen molar-refractivity contribution in [3.63, 3.8) is 0 Å². The predicted octanol–water partition coefficient (Wildman–Crippen LogP) is 2.91. The number of likely N-dealkylation sites (N-methyl/N-ethyl adjacent to an activating group) is 1. The summed E-state index contributed by atoms with van der Waals surface area (Å²) in [6, 6.07) is 16.9. The number of hydrogen-bond acceptors (Lipinski definition) is 3. The van der Waals surface area contributed by atoms with Crippen LogP contribution in [-0.4, -0.2) is 48.1 Å². The molecule has 0 amide bonds. The predicted molar refractivity (Wildman–Crippen MR) is 95.1 cm³/mol. The molecule has 4 heteroatoms. The second-order valence-corrected chi connectivity index (χ2v) is 6.31. The zero-order chi connectivity index (χ0) is 15.6. The summed E-state index contributed by atoms with van der Waals surface area (Å²) >= 11 is 0. The van der Waals surface area contributed by atoms with Crippen molar-refractivity contribution < 1.29 is 0 Å². The molecule has 1 N–H and O–H groups in total.